The van der Waals surface area contributed by atoms with Crippen molar-refractivity contribution < 1.29 is 23.2 Å². The van der Waals surface area contributed by atoms with Gasteiger partial charge in [-0.05, 0) is 45.2 Å². The highest BCUT2D eigenvalue weighted by Crippen LogP contribution is 2.18. The Morgan fingerprint density at radius 3 is 2.59 bits per heavy atom. The van der Waals surface area contributed by atoms with E-state index < -0.39 is 29.6 Å². The molecule has 39 heavy (non-hydrogen) atoms. The van der Waals surface area contributed by atoms with Crippen LogP contribution in [0.3, 0.4) is 0 Å². The van der Waals surface area contributed by atoms with Gasteiger partial charge in [0.25, 0.3) is 0 Å². The highest BCUT2D eigenvalue weighted by atomic mass is 19.1. The zero-order valence-corrected chi connectivity index (χ0v) is 22.1. The third-order valence-electron chi connectivity index (χ3n) is 7.05. The summed E-state index contributed by atoms with van der Waals surface area (Å²) in [5.41, 5.74) is 0.985. The number of benzene rings is 2. The van der Waals surface area contributed by atoms with E-state index in [4.69, 9.17) is 0 Å². The van der Waals surface area contributed by atoms with Crippen molar-refractivity contribution in [2.45, 2.75) is 57.7 Å². The van der Waals surface area contributed by atoms with Gasteiger partial charge in [0.2, 0.25) is 11.8 Å². The molecule has 2 N–H and O–H groups in total. The maximum Gasteiger partial charge on any atom is 0.238 e. The summed E-state index contributed by atoms with van der Waals surface area (Å²) < 4.78 is 27.5. The smallest absolute Gasteiger partial charge is 0.238 e. The van der Waals surface area contributed by atoms with Crippen LogP contribution in [0.4, 0.5) is 8.78 Å². The Bertz CT molecular complexity index is 1280. The molecule has 1 fully saturated rings. The second kappa shape index (κ2) is 12.8. The van der Waals surface area contributed by atoms with E-state index in [9.17, 15) is 23.2 Å². The molecule has 4 rings (SSSR count). The minimum Gasteiger partial charge on any atom is -0.345 e. The monoisotopic (exact) mass is 537 g/mol. The number of carbonyl (C=O) groups excluding carboxylic acids is 3. The molecule has 1 saturated heterocycles. The van der Waals surface area contributed by atoms with Gasteiger partial charge >= 0.3 is 0 Å². The average molecular weight is 538 g/mol. The van der Waals surface area contributed by atoms with Crippen molar-refractivity contribution in [3.05, 3.63) is 71.3 Å². The van der Waals surface area contributed by atoms with Gasteiger partial charge in [-0.2, -0.15) is 0 Å². The van der Waals surface area contributed by atoms with Crippen LogP contribution in [-0.4, -0.2) is 71.8 Å². The predicted octanol–water partition coefficient (Wildman–Crippen LogP) is 3.30. The Morgan fingerprint density at radius 2 is 1.87 bits per heavy atom. The van der Waals surface area contributed by atoms with Crippen molar-refractivity contribution >= 4 is 29.1 Å². The number of nitrogens with zero attached hydrogens (tertiary/aromatic N) is 3. The van der Waals surface area contributed by atoms with Gasteiger partial charge < -0.3 is 10.2 Å². The molecule has 2 aliphatic heterocycles. The number of halogens is 2. The van der Waals surface area contributed by atoms with Crippen molar-refractivity contribution in [2.75, 3.05) is 19.6 Å². The summed E-state index contributed by atoms with van der Waals surface area (Å²) in [4.78, 5) is 49.6. The van der Waals surface area contributed by atoms with Crippen LogP contribution >= 0.6 is 0 Å². The van der Waals surface area contributed by atoms with Crippen LogP contribution in [0.25, 0.3) is 0 Å². The number of carbonyl (C=O) groups is 3. The third kappa shape index (κ3) is 7.20. The standard InChI is InChI=1S/C29H33F2N5O3/c1-18-8-6-7-13-36(18)27(38)15-24(32-17-26(37)20-9-4-3-5-10-20)29(39)34-19(2)28-33-16-25(35-28)22-12-11-21(30)14-23(22)31/h3-5,9-12,14,18-19,24,32H,6-8,13,15-17H2,1-2H3,(H,34,39)/t18-,19-,24-/m0/s1. The normalized spacial score (nSPS) is 18.7. The lowest BCUT2D eigenvalue weighted by atomic mass is 10.0. The lowest BCUT2D eigenvalue weighted by Gasteiger charge is -2.34. The van der Waals surface area contributed by atoms with Crippen molar-refractivity contribution in [2.24, 2.45) is 9.98 Å². The Morgan fingerprint density at radius 1 is 1.10 bits per heavy atom. The number of rotatable bonds is 10. The molecule has 3 atom stereocenters. The molecule has 2 aromatic rings. The average Bonchev–Trinajstić information content (AvgIpc) is 3.41. The van der Waals surface area contributed by atoms with E-state index in [0.29, 0.717) is 17.8 Å². The van der Waals surface area contributed by atoms with Gasteiger partial charge in [-0.3, -0.25) is 24.7 Å². The zero-order valence-electron chi connectivity index (χ0n) is 22.1. The fourth-order valence-electron chi connectivity index (χ4n) is 4.81. The topological polar surface area (TPSA) is 103 Å². The predicted molar refractivity (Wildman–Crippen MR) is 145 cm³/mol. The van der Waals surface area contributed by atoms with E-state index >= 15 is 0 Å². The first-order chi connectivity index (χ1) is 18.7. The van der Waals surface area contributed by atoms with E-state index in [1.54, 1.807) is 36.1 Å². The Kier molecular flexibility index (Phi) is 9.29. The number of nitrogens with one attached hydrogen (secondary N) is 2. The molecule has 0 radical (unpaired) electrons. The molecule has 8 nitrogen and oxygen atoms in total. The van der Waals surface area contributed by atoms with Gasteiger partial charge in [-0.15, -0.1) is 0 Å². The van der Waals surface area contributed by atoms with E-state index in [-0.39, 0.29) is 48.6 Å². The molecule has 0 aliphatic carbocycles. The minimum atomic E-state index is -0.957. The van der Waals surface area contributed by atoms with Crippen LogP contribution in [-0.2, 0) is 9.59 Å². The highest BCUT2D eigenvalue weighted by Gasteiger charge is 2.30. The molecule has 2 aliphatic rings. The molecule has 2 amide bonds. The van der Waals surface area contributed by atoms with Crippen LogP contribution in [0.2, 0.25) is 0 Å². The summed E-state index contributed by atoms with van der Waals surface area (Å²) >= 11 is 0. The Hall–Kier alpha value is -3.79. The first kappa shape index (κ1) is 28.2. The van der Waals surface area contributed by atoms with Crippen molar-refractivity contribution in [3.63, 3.8) is 0 Å². The molecule has 206 valence electrons. The van der Waals surface area contributed by atoms with E-state index in [2.05, 4.69) is 20.6 Å². The fraction of sp³-hybridized carbons (Fsp3) is 0.414. The van der Waals surface area contributed by atoms with Gasteiger partial charge in [-0.1, -0.05) is 30.3 Å². The van der Waals surface area contributed by atoms with Crippen molar-refractivity contribution in [3.8, 4) is 0 Å². The van der Waals surface area contributed by atoms with E-state index in [1.165, 1.54) is 6.07 Å². The number of aliphatic imine (C=N–C) groups is 2. The van der Waals surface area contributed by atoms with Crippen LogP contribution in [0.15, 0.2) is 58.5 Å². The molecular formula is C29H33F2N5O3. The Labute approximate surface area is 226 Å². The summed E-state index contributed by atoms with van der Waals surface area (Å²) in [5, 5.41) is 5.80. The first-order valence-electron chi connectivity index (χ1n) is 13.2. The molecule has 0 aromatic heterocycles. The number of likely N-dealkylation sites (tertiary alicyclic amines) is 1. The molecule has 10 heteroatoms. The lowest BCUT2D eigenvalue weighted by Crippen LogP contribution is -2.53. The van der Waals surface area contributed by atoms with Crippen molar-refractivity contribution in [1.82, 2.24) is 15.5 Å². The van der Waals surface area contributed by atoms with Gasteiger partial charge in [0.1, 0.15) is 17.5 Å². The molecular weight excluding hydrogens is 504 g/mol. The fourth-order valence-corrected chi connectivity index (χ4v) is 4.81. The second-order valence-electron chi connectivity index (χ2n) is 9.95. The number of hydrogen-bond acceptors (Lipinski definition) is 6. The Balaban J connectivity index is 1.44. The van der Waals surface area contributed by atoms with Gasteiger partial charge in [-0.25, -0.2) is 13.8 Å². The van der Waals surface area contributed by atoms with E-state index in [1.807, 2.05) is 13.0 Å². The molecule has 0 bridgehead atoms. The first-order valence-corrected chi connectivity index (χ1v) is 13.2. The van der Waals surface area contributed by atoms with Crippen molar-refractivity contribution in [1.29, 1.82) is 0 Å². The van der Waals surface area contributed by atoms with Crippen LogP contribution in [0.1, 0.15) is 55.5 Å². The van der Waals surface area contributed by atoms with Crippen LogP contribution < -0.4 is 10.6 Å². The van der Waals surface area contributed by atoms with Crippen LogP contribution in [0, 0.1) is 11.6 Å². The number of Topliss-reactive ketones (excluding diaryl/α,β-unsaturated/α-hetero) is 1. The molecule has 0 spiro atoms. The van der Waals surface area contributed by atoms with Gasteiger partial charge in [0.05, 0.1) is 37.3 Å². The number of piperidine rings is 1. The quantitative estimate of drug-likeness (QED) is 0.454. The number of hydrogen-bond donors (Lipinski definition) is 2. The van der Waals surface area contributed by atoms with Crippen LogP contribution in [0.5, 0.6) is 0 Å². The van der Waals surface area contributed by atoms with E-state index in [0.717, 1.165) is 31.4 Å². The summed E-state index contributed by atoms with van der Waals surface area (Å²) in [5.74, 6) is -1.96. The molecule has 2 heterocycles. The number of amidine groups is 1. The zero-order chi connectivity index (χ0) is 27.9. The largest absolute Gasteiger partial charge is 0.345 e. The second-order valence-corrected chi connectivity index (χ2v) is 9.95. The lowest BCUT2D eigenvalue weighted by molar-refractivity contribution is -0.137. The maximum atomic E-state index is 14.2. The minimum absolute atomic E-state index is 0.0901. The summed E-state index contributed by atoms with van der Waals surface area (Å²) in [6.45, 7) is 4.30. The highest BCUT2D eigenvalue weighted by molar-refractivity contribution is 6.14. The molecule has 2 aromatic carbocycles. The summed E-state index contributed by atoms with van der Waals surface area (Å²) in [7, 11) is 0. The third-order valence-corrected chi connectivity index (χ3v) is 7.05. The van der Waals surface area contributed by atoms with Gasteiger partial charge in [0, 0.05) is 29.8 Å². The number of ketones is 1. The maximum absolute atomic E-state index is 14.2. The summed E-state index contributed by atoms with van der Waals surface area (Å²) in [6.07, 6.45) is 2.78. The molecule has 0 saturated carbocycles. The SMILES string of the molecule is C[C@H](NC(=O)[C@H](CC(=O)N1CCCC[C@@H]1C)NCC(=O)c1ccccc1)C1=NCC(c2ccc(F)cc2F)=N1. The molecule has 0 unspecified atom stereocenters. The van der Waals surface area contributed by atoms with Gasteiger partial charge in [0.15, 0.2) is 5.78 Å². The number of amides is 2. The summed E-state index contributed by atoms with van der Waals surface area (Å²) in [6, 6.07) is 10.5.